The number of nitriles is 2. The van der Waals surface area contributed by atoms with Crippen molar-refractivity contribution in [2.45, 2.75) is 57.3 Å². The molecule has 1 fully saturated rings. The lowest BCUT2D eigenvalue weighted by atomic mass is 9.77. The van der Waals surface area contributed by atoms with Gasteiger partial charge in [0.1, 0.15) is 11.4 Å². The van der Waals surface area contributed by atoms with Crippen LogP contribution in [-0.2, 0) is 11.3 Å². The van der Waals surface area contributed by atoms with Crippen LogP contribution in [0.2, 0.25) is 0 Å². The SMILES string of the molecule is Cc1ccccc1COC1CCC2(CC1)CC(=NC#N)c1cc(-c3cccc(C#N)c3)ccc1O2. The molecule has 0 saturated heterocycles. The second-order valence-corrected chi connectivity index (χ2v) is 9.46. The smallest absolute Gasteiger partial charge is 0.205 e. The predicted molar refractivity (Wildman–Crippen MR) is 135 cm³/mol. The van der Waals surface area contributed by atoms with E-state index in [2.05, 4.69) is 36.2 Å². The maximum Gasteiger partial charge on any atom is 0.205 e. The summed E-state index contributed by atoms with van der Waals surface area (Å²) in [4.78, 5) is 4.21. The first kappa shape index (κ1) is 22.8. The Hall–Kier alpha value is -3.93. The molecule has 1 aliphatic carbocycles. The molecule has 5 nitrogen and oxygen atoms in total. The molecule has 5 heteroatoms. The van der Waals surface area contributed by atoms with Gasteiger partial charge in [0.05, 0.1) is 30.1 Å². The average molecular weight is 462 g/mol. The highest BCUT2D eigenvalue weighted by Crippen LogP contribution is 2.44. The number of hydrogen-bond donors (Lipinski definition) is 0. The summed E-state index contributed by atoms with van der Waals surface area (Å²) in [5.41, 5.74) is 6.30. The molecule has 35 heavy (non-hydrogen) atoms. The molecule has 0 amide bonds. The number of aliphatic imine (C=N–C) groups is 1. The number of ether oxygens (including phenoxy) is 2. The van der Waals surface area contributed by atoms with Crippen molar-refractivity contribution in [3.8, 4) is 29.1 Å². The van der Waals surface area contributed by atoms with Crippen molar-refractivity contribution in [3.05, 3.63) is 89.0 Å². The van der Waals surface area contributed by atoms with Gasteiger partial charge in [-0.1, -0.05) is 42.5 Å². The van der Waals surface area contributed by atoms with E-state index in [-0.39, 0.29) is 11.7 Å². The summed E-state index contributed by atoms with van der Waals surface area (Å²) in [6.07, 6.45) is 6.37. The van der Waals surface area contributed by atoms with Gasteiger partial charge in [-0.25, -0.2) is 0 Å². The molecule has 0 bridgehead atoms. The molecular formula is C30H27N3O2. The number of hydrogen-bond acceptors (Lipinski definition) is 5. The molecule has 1 aliphatic heterocycles. The highest BCUT2D eigenvalue weighted by molar-refractivity contribution is 6.05. The standard InChI is InChI=1S/C30H27N3O2/c1-21-5-2-3-7-25(21)19-34-26-11-13-30(14-12-26)17-28(33-20-32)27-16-24(9-10-29(27)35-30)23-8-4-6-22(15-23)18-31/h2-10,15-16,26H,11-14,17,19H2,1H3. The molecule has 1 spiro atoms. The number of benzene rings is 3. The summed E-state index contributed by atoms with van der Waals surface area (Å²) >= 11 is 0. The van der Waals surface area contributed by atoms with Gasteiger partial charge in [-0.3, -0.25) is 0 Å². The summed E-state index contributed by atoms with van der Waals surface area (Å²) in [6, 6.07) is 24.0. The molecule has 0 unspecified atom stereocenters. The average Bonchev–Trinajstić information content (AvgIpc) is 2.89. The third-order valence-electron chi connectivity index (χ3n) is 7.20. The zero-order chi connectivity index (χ0) is 24.3. The van der Waals surface area contributed by atoms with Gasteiger partial charge in [0.25, 0.3) is 0 Å². The number of fused-ring (bicyclic) bond motifs is 1. The Morgan fingerprint density at radius 1 is 1.00 bits per heavy atom. The van der Waals surface area contributed by atoms with E-state index in [4.69, 9.17) is 9.47 Å². The lowest BCUT2D eigenvalue weighted by Crippen LogP contribution is -2.46. The topological polar surface area (TPSA) is 78.4 Å². The number of nitrogens with zero attached hydrogens (tertiary/aromatic N) is 3. The first-order valence-corrected chi connectivity index (χ1v) is 12.0. The lowest BCUT2D eigenvalue weighted by Gasteiger charge is -2.43. The monoisotopic (exact) mass is 461 g/mol. The van der Waals surface area contributed by atoms with E-state index >= 15 is 0 Å². The van der Waals surface area contributed by atoms with E-state index in [1.165, 1.54) is 11.1 Å². The van der Waals surface area contributed by atoms with Gasteiger partial charge in [0, 0.05) is 12.0 Å². The van der Waals surface area contributed by atoms with Gasteiger partial charge in [-0.15, -0.1) is 0 Å². The van der Waals surface area contributed by atoms with Crippen LogP contribution in [0.25, 0.3) is 11.1 Å². The van der Waals surface area contributed by atoms with Crippen molar-refractivity contribution in [2.75, 3.05) is 0 Å². The summed E-state index contributed by atoms with van der Waals surface area (Å²) in [7, 11) is 0. The first-order chi connectivity index (χ1) is 17.1. The molecule has 0 aromatic heterocycles. The van der Waals surface area contributed by atoms with Crippen LogP contribution in [0, 0.1) is 29.7 Å². The molecule has 3 aromatic rings. The zero-order valence-electron chi connectivity index (χ0n) is 19.8. The van der Waals surface area contributed by atoms with E-state index in [0.717, 1.165) is 53.8 Å². The molecule has 1 saturated carbocycles. The fraction of sp³-hybridized carbons (Fsp3) is 0.300. The minimum Gasteiger partial charge on any atom is -0.486 e. The molecule has 3 aromatic carbocycles. The van der Waals surface area contributed by atoms with E-state index < -0.39 is 0 Å². The molecule has 1 heterocycles. The summed E-state index contributed by atoms with van der Waals surface area (Å²) in [5, 5.41) is 18.6. The first-order valence-electron chi connectivity index (χ1n) is 12.0. The summed E-state index contributed by atoms with van der Waals surface area (Å²) in [5.74, 6) is 0.768. The number of aryl methyl sites for hydroxylation is 1. The van der Waals surface area contributed by atoms with Crippen molar-refractivity contribution in [1.29, 1.82) is 10.5 Å². The van der Waals surface area contributed by atoms with Crippen molar-refractivity contribution in [1.82, 2.24) is 0 Å². The van der Waals surface area contributed by atoms with Gasteiger partial charge >= 0.3 is 0 Å². The van der Waals surface area contributed by atoms with Crippen LogP contribution < -0.4 is 4.74 Å². The van der Waals surface area contributed by atoms with E-state index in [9.17, 15) is 10.5 Å². The third kappa shape index (κ3) is 4.83. The summed E-state index contributed by atoms with van der Waals surface area (Å²) in [6.45, 7) is 2.74. The van der Waals surface area contributed by atoms with Crippen molar-refractivity contribution in [2.24, 2.45) is 4.99 Å². The van der Waals surface area contributed by atoms with Crippen LogP contribution in [0.3, 0.4) is 0 Å². The molecule has 0 radical (unpaired) electrons. The second kappa shape index (κ2) is 9.74. The van der Waals surface area contributed by atoms with Crippen LogP contribution in [-0.4, -0.2) is 17.4 Å². The van der Waals surface area contributed by atoms with Crippen molar-refractivity contribution in [3.63, 3.8) is 0 Å². The normalized spacial score (nSPS) is 22.1. The highest BCUT2D eigenvalue weighted by Gasteiger charge is 2.42. The van der Waals surface area contributed by atoms with Gasteiger partial charge < -0.3 is 9.47 Å². The highest BCUT2D eigenvalue weighted by atomic mass is 16.5. The lowest BCUT2D eigenvalue weighted by molar-refractivity contribution is -0.0461. The van der Waals surface area contributed by atoms with E-state index in [0.29, 0.717) is 18.6 Å². The fourth-order valence-electron chi connectivity index (χ4n) is 5.16. The molecule has 0 N–H and O–H groups in total. The zero-order valence-corrected chi connectivity index (χ0v) is 19.8. The Balaban J connectivity index is 1.32. The maximum atomic E-state index is 9.39. The Kier molecular flexibility index (Phi) is 6.36. The van der Waals surface area contributed by atoms with Gasteiger partial charge in [0.2, 0.25) is 6.19 Å². The van der Waals surface area contributed by atoms with Crippen LogP contribution in [0.4, 0.5) is 0 Å². The Morgan fingerprint density at radius 3 is 2.57 bits per heavy atom. The predicted octanol–water partition coefficient (Wildman–Crippen LogP) is 6.48. The fourth-order valence-corrected chi connectivity index (χ4v) is 5.16. The van der Waals surface area contributed by atoms with E-state index in [1.807, 2.05) is 48.7 Å². The quantitative estimate of drug-likeness (QED) is 0.416. The second-order valence-electron chi connectivity index (χ2n) is 9.46. The largest absolute Gasteiger partial charge is 0.486 e. The Labute approximate surface area is 206 Å². The minimum absolute atomic E-state index is 0.205. The van der Waals surface area contributed by atoms with Gasteiger partial charge in [0.15, 0.2) is 0 Å². The van der Waals surface area contributed by atoms with Gasteiger partial charge in [-0.05, 0) is 79.1 Å². The molecule has 0 atom stereocenters. The van der Waals surface area contributed by atoms with Crippen LogP contribution in [0.15, 0.2) is 71.7 Å². The Bertz CT molecular complexity index is 1350. The molecule has 2 aliphatic rings. The maximum absolute atomic E-state index is 9.39. The van der Waals surface area contributed by atoms with E-state index in [1.54, 1.807) is 6.07 Å². The molecular weight excluding hydrogens is 434 g/mol. The third-order valence-corrected chi connectivity index (χ3v) is 7.20. The van der Waals surface area contributed by atoms with Crippen LogP contribution in [0.1, 0.15) is 54.4 Å². The minimum atomic E-state index is -0.354. The Morgan fingerprint density at radius 2 is 1.80 bits per heavy atom. The van der Waals surface area contributed by atoms with Crippen molar-refractivity contribution < 1.29 is 9.47 Å². The summed E-state index contributed by atoms with van der Waals surface area (Å²) < 4.78 is 12.9. The van der Waals surface area contributed by atoms with Crippen molar-refractivity contribution >= 4 is 5.71 Å². The van der Waals surface area contributed by atoms with Gasteiger partial charge in [-0.2, -0.15) is 15.5 Å². The molecule has 5 rings (SSSR count). The number of rotatable bonds is 4. The molecule has 174 valence electrons. The van der Waals surface area contributed by atoms with Crippen LogP contribution >= 0.6 is 0 Å². The van der Waals surface area contributed by atoms with Crippen LogP contribution in [0.5, 0.6) is 5.75 Å².